The molecule has 0 aliphatic rings. The summed E-state index contributed by atoms with van der Waals surface area (Å²) >= 11 is 3.20. The van der Waals surface area contributed by atoms with Gasteiger partial charge in [0.15, 0.2) is 5.82 Å². The van der Waals surface area contributed by atoms with Crippen LogP contribution in [0.4, 0.5) is 11.5 Å². The van der Waals surface area contributed by atoms with E-state index in [1.165, 1.54) is 6.20 Å². The number of anilines is 2. The van der Waals surface area contributed by atoms with Crippen LogP contribution in [0.15, 0.2) is 41.0 Å². The zero-order valence-electron chi connectivity index (χ0n) is 10.7. The molecule has 108 valence electrons. The molecule has 0 fully saturated rings. The van der Waals surface area contributed by atoms with Crippen molar-refractivity contribution in [2.45, 2.75) is 5.75 Å². The molecule has 0 radical (unpaired) electrons. The number of nitrogens with one attached hydrogen (secondary N) is 1. The van der Waals surface area contributed by atoms with E-state index in [0.29, 0.717) is 21.3 Å². The summed E-state index contributed by atoms with van der Waals surface area (Å²) < 4.78 is 27.0. The number of hydrogen-bond donors (Lipinski definition) is 2. The highest BCUT2D eigenvalue weighted by molar-refractivity contribution is 9.10. The van der Waals surface area contributed by atoms with Crippen LogP contribution in [0.25, 0.3) is 0 Å². The van der Waals surface area contributed by atoms with Crippen molar-refractivity contribution in [1.29, 1.82) is 5.26 Å². The zero-order chi connectivity index (χ0) is 15.5. The first kappa shape index (κ1) is 15.3. The Morgan fingerprint density at radius 3 is 2.57 bits per heavy atom. The summed E-state index contributed by atoms with van der Waals surface area (Å²) in [6.07, 6.45) is 1.37. The van der Waals surface area contributed by atoms with Gasteiger partial charge in [0.2, 0.25) is 10.0 Å². The maximum absolute atomic E-state index is 12.1. The van der Waals surface area contributed by atoms with Crippen molar-refractivity contribution in [3.05, 3.63) is 52.1 Å². The summed E-state index contributed by atoms with van der Waals surface area (Å²) in [6.45, 7) is 0. The molecule has 0 bridgehead atoms. The third-order valence-corrected chi connectivity index (χ3v) is 4.38. The highest BCUT2D eigenvalue weighted by Crippen LogP contribution is 2.23. The molecule has 0 unspecified atom stereocenters. The molecule has 0 saturated heterocycles. The van der Waals surface area contributed by atoms with Crippen LogP contribution in [-0.4, -0.2) is 13.4 Å². The van der Waals surface area contributed by atoms with Crippen LogP contribution >= 0.6 is 15.9 Å². The summed E-state index contributed by atoms with van der Waals surface area (Å²) in [5.41, 5.74) is 7.03. The average molecular weight is 367 g/mol. The first-order valence-corrected chi connectivity index (χ1v) is 8.25. The predicted octanol–water partition coefficient (Wildman–Crippen LogP) is 2.24. The lowest BCUT2D eigenvalue weighted by molar-refractivity contribution is 0.600. The molecule has 2 rings (SSSR count). The lowest BCUT2D eigenvalue weighted by Crippen LogP contribution is -2.16. The monoisotopic (exact) mass is 366 g/mol. The number of benzene rings is 1. The Labute approximate surface area is 130 Å². The van der Waals surface area contributed by atoms with Crippen LogP contribution in [-0.2, 0) is 15.8 Å². The van der Waals surface area contributed by atoms with Gasteiger partial charge in [-0.25, -0.2) is 13.4 Å². The van der Waals surface area contributed by atoms with Gasteiger partial charge in [-0.2, -0.15) is 5.26 Å². The molecule has 1 aromatic heterocycles. The number of sulfonamides is 1. The van der Waals surface area contributed by atoms with Crippen LogP contribution in [0, 0.1) is 11.3 Å². The van der Waals surface area contributed by atoms with Gasteiger partial charge >= 0.3 is 0 Å². The Balaban J connectivity index is 2.16. The molecular weight excluding hydrogens is 356 g/mol. The molecule has 2 aromatic rings. The molecule has 0 amide bonds. The molecule has 0 aliphatic heterocycles. The third-order valence-electron chi connectivity index (χ3n) is 2.55. The van der Waals surface area contributed by atoms with Crippen LogP contribution in [0.1, 0.15) is 11.1 Å². The fourth-order valence-corrected chi connectivity index (χ4v) is 3.36. The van der Waals surface area contributed by atoms with Gasteiger partial charge in [0.1, 0.15) is 0 Å². The summed E-state index contributed by atoms with van der Waals surface area (Å²) in [6, 6.07) is 9.88. The van der Waals surface area contributed by atoms with Crippen molar-refractivity contribution in [2.75, 3.05) is 10.5 Å². The van der Waals surface area contributed by atoms with Crippen molar-refractivity contribution in [3.63, 3.8) is 0 Å². The zero-order valence-corrected chi connectivity index (χ0v) is 13.1. The molecule has 0 spiro atoms. The van der Waals surface area contributed by atoms with E-state index in [4.69, 9.17) is 11.0 Å². The number of halogens is 1. The quantitative estimate of drug-likeness (QED) is 0.862. The van der Waals surface area contributed by atoms with Crippen molar-refractivity contribution in [1.82, 2.24) is 4.98 Å². The van der Waals surface area contributed by atoms with Crippen molar-refractivity contribution in [2.24, 2.45) is 0 Å². The summed E-state index contributed by atoms with van der Waals surface area (Å²) in [7, 11) is -3.61. The van der Waals surface area contributed by atoms with E-state index in [1.807, 2.05) is 6.07 Å². The molecule has 0 atom stereocenters. The minimum absolute atomic E-state index is 0.179. The van der Waals surface area contributed by atoms with Gasteiger partial charge in [-0.3, -0.25) is 4.72 Å². The molecule has 3 N–H and O–H groups in total. The highest BCUT2D eigenvalue weighted by Gasteiger charge is 2.14. The van der Waals surface area contributed by atoms with Gasteiger partial charge in [-0.1, -0.05) is 12.1 Å². The van der Waals surface area contributed by atoms with Gasteiger partial charge in [0.25, 0.3) is 0 Å². The Morgan fingerprint density at radius 2 is 2.00 bits per heavy atom. The van der Waals surface area contributed by atoms with E-state index in [1.54, 1.807) is 30.3 Å². The lowest BCUT2D eigenvalue weighted by Gasteiger charge is -2.09. The second kappa shape index (κ2) is 6.11. The summed E-state index contributed by atoms with van der Waals surface area (Å²) in [5, 5.41) is 8.70. The number of nitriles is 1. The lowest BCUT2D eigenvalue weighted by atomic mass is 10.2. The molecule has 0 saturated carbocycles. The van der Waals surface area contributed by atoms with E-state index in [2.05, 4.69) is 25.6 Å². The van der Waals surface area contributed by atoms with E-state index >= 15 is 0 Å². The average Bonchev–Trinajstić information content (AvgIpc) is 2.42. The first-order valence-electron chi connectivity index (χ1n) is 5.80. The summed E-state index contributed by atoms with van der Waals surface area (Å²) in [5.74, 6) is -0.0325. The number of nitrogen functional groups attached to an aromatic ring is 1. The predicted molar refractivity (Wildman–Crippen MR) is 83.8 cm³/mol. The van der Waals surface area contributed by atoms with Crippen LogP contribution < -0.4 is 10.5 Å². The fourth-order valence-electron chi connectivity index (χ4n) is 1.61. The Hall–Kier alpha value is -2.11. The molecule has 8 heteroatoms. The molecule has 21 heavy (non-hydrogen) atoms. The number of aromatic nitrogens is 1. The third kappa shape index (κ3) is 4.18. The minimum atomic E-state index is -3.61. The maximum Gasteiger partial charge on any atom is 0.238 e. The molecule has 1 aromatic carbocycles. The SMILES string of the molecule is N#Cc1ccc(CS(=O)(=O)Nc2ncc(N)cc2Br)cc1. The van der Waals surface area contributed by atoms with Gasteiger partial charge in [-0.05, 0) is 39.7 Å². The van der Waals surface area contributed by atoms with E-state index in [0.717, 1.165) is 0 Å². The summed E-state index contributed by atoms with van der Waals surface area (Å²) in [4.78, 5) is 3.93. The van der Waals surface area contributed by atoms with Crippen LogP contribution in [0.2, 0.25) is 0 Å². The number of nitrogens with zero attached hydrogens (tertiary/aromatic N) is 2. The van der Waals surface area contributed by atoms with Crippen molar-refractivity contribution in [3.8, 4) is 6.07 Å². The maximum atomic E-state index is 12.1. The van der Waals surface area contributed by atoms with E-state index in [-0.39, 0.29) is 11.6 Å². The van der Waals surface area contributed by atoms with Gasteiger partial charge in [0.05, 0.1) is 33.7 Å². The number of nitrogens with two attached hydrogens (primary N) is 1. The smallest absolute Gasteiger partial charge is 0.238 e. The normalized spacial score (nSPS) is 10.9. The topological polar surface area (TPSA) is 109 Å². The number of rotatable bonds is 4. The number of pyridine rings is 1. The van der Waals surface area contributed by atoms with Gasteiger partial charge in [-0.15, -0.1) is 0 Å². The standard InChI is InChI=1S/C13H11BrN4O2S/c14-12-5-11(16)7-17-13(12)18-21(19,20)8-10-3-1-9(6-15)2-4-10/h1-5,7H,8,16H2,(H,17,18). The minimum Gasteiger partial charge on any atom is -0.397 e. The fraction of sp³-hybridized carbons (Fsp3) is 0.0769. The van der Waals surface area contributed by atoms with E-state index in [9.17, 15) is 8.42 Å². The second-order valence-corrected chi connectivity index (χ2v) is 6.85. The second-order valence-electron chi connectivity index (χ2n) is 4.27. The first-order chi connectivity index (χ1) is 9.89. The Kier molecular flexibility index (Phi) is 4.45. The molecule has 0 aliphatic carbocycles. The van der Waals surface area contributed by atoms with E-state index < -0.39 is 10.0 Å². The van der Waals surface area contributed by atoms with Crippen molar-refractivity contribution >= 4 is 37.5 Å². The largest absolute Gasteiger partial charge is 0.397 e. The van der Waals surface area contributed by atoms with Crippen LogP contribution in [0.5, 0.6) is 0 Å². The Morgan fingerprint density at radius 1 is 1.33 bits per heavy atom. The Bertz CT molecular complexity index is 798. The highest BCUT2D eigenvalue weighted by atomic mass is 79.9. The molecule has 6 nitrogen and oxygen atoms in total. The van der Waals surface area contributed by atoms with Gasteiger partial charge < -0.3 is 5.73 Å². The molecular formula is C13H11BrN4O2S. The molecule has 1 heterocycles. The van der Waals surface area contributed by atoms with Crippen molar-refractivity contribution < 1.29 is 8.42 Å². The van der Waals surface area contributed by atoms with Crippen LogP contribution in [0.3, 0.4) is 0 Å². The number of hydrogen-bond acceptors (Lipinski definition) is 5. The van der Waals surface area contributed by atoms with Gasteiger partial charge in [0, 0.05) is 0 Å².